The summed E-state index contributed by atoms with van der Waals surface area (Å²) in [6.07, 6.45) is -0.432. The van der Waals surface area contributed by atoms with Crippen LogP contribution in [0.4, 0.5) is 10.5 Å². The number of thiophene rings is 1. The molecule has 0 saturated carbocycles. The van der Waals surface area contributed by atoms with Crippen LogP contribution in [0.5, 0.6) is 0 Å². The molecule has 0 aliphatic carbocycles. The van der Waals surface area contributed by atoms with Crippen LogP contribution in [0.2, 0.25) is 0 Å². The summed E-state index contributed by atoms with van der Waals surface area (Å²) in [6.45, 7) is 3.73. The van der Waals surface area contributed by atoms with Crippen molar-refractivity contribution >= 4 is 23.1 Å². The average molecular weight is 284 g/mol. The molecule has 1 aliphatic heterocycles. The number of cyclic esters (lactones) is 1. The minimum Gasteiger partial charge on any atom is -0.438 e. The normalized spacial score (nSPS) is 15.8. The summed E-state index contributed by atoms with van der Waals surface area (Å²) in [5.41, 5.74) is 2.71. The highest BCUT2D eigenvalue weighted by atomic mass is 32.1. The lowest BCUT2D eigenvalue weighted by molar-refractivity contribution is 0.0421. The molecule has 0 bridgehead atoms. The molecular weight excluding hydrogens is 272 g/mol. The van der Waals surface area contributed by atoms with Gasteiger partial charge in [-0.3, -0.25) is 5.32 Å². The van der Waals surface area contributed by atoms with Gasteiger partial charge in [-0.1, -0.05) is 6.07 Å². The Balaban J connectivity index is 2.09. The van der Waals surface area contributed by atoms with E-state index in [1.54, 1.807) is 0 Å². The maximum absolute atomic E-state index is 11.5. The molecule has 1 aromatic heterocycles. The number of carbonyl (C=O) groups excluding carboxylic acids is 1. The van der Waals surface area contributed by atoms with Gasteiger partial charge in [-0.2, -0.15) is 5.26 Å². The summed E-state index contributed by atoms with van der Waals surface area (Å²) in [7, 11) is 0. The molecule has 0 atom stereocenters. The summed E-state index contributed by atoms with van der Waals surface area (Å²) in [5.74, 6) is 0. The first-order chi connectivity index (χ1) is 9.49. The fourth-order valence-electron chi connectivity index (χ4n) is 2.27. The maximum Gasteiger partial charge on any atom is 0.412 e. The van der Waals surface area contributed by atoms with Gasteiger partial charge in [0.2, 0.25) is 0 Å². The Bertz CT molecular complexity index is 741. The van der Waals surface area contributed by atoms with E-state index in [1.165, 1.54) is 11.3 Å². The topological polar surface area (TPSA) is 62.1 Å². The van der Waals surface area contributed by atoms with E-state index in [0.717, 1.165) is 21.7 Å². The number of nitrogens with zero attached hydrogens (tertiary/aromatic N) is 1. The van der Waals surface area contributed by atoms with Crippen LogP contribution in [-0.4, -0.2) is 6.09 Å². The Kier molecular flexibility index (Phi) is 2.77. The zero-order valence-corrected chi connectivity index (χ0v) is 11.9. The van der Waals surface area contributed by atoms with Crippen molar-refractivity contribution in [1.82, 2.24) is 0 Å². The van der Waals surface area contributed by atoms with Crippen LogP contribution < -0.4 is 5.32 Å². The zero-order valence-electron chi connectivity index (χ0n) is 11.1. The third-order valence-corrected chi connectivity index (χ3v) is 4.25. The quantitative estimate of drug-likeness (QED) is 0.858. The number of hydrogen-bond donors (Lipinski definition) is 1. The van der Waals surface area contributed by atoms with Gasteiger partial charge in [-0.25, -0.2) is 4.79 Å². The van der Waals surface area contributed by atoms with E-state index < -0.39 is 11.7 Å². The number of hydrogen-bond acceptors (Lipinski definition) is 4. The standard InChI is InChI=1S/C15H12N2O2S/c1-15(2)11-6-10(13-5-9(7-16)8-20-13)3-4-12(11)17-14(18)19-15/h3-6,8H,1-2H3,(H,17,18). The minimum atomic E-state index is -0.664. The smallest absolute Gasteiger partial charge is 0.412 e. The van der Waals surface area contributed by atoms with Crippen LogP contribution in [0.1, 0.15) is 25.0 Å². The van der Waals surface area contributed by atoms with E-state index in [9.17, 15) is 4.79 Å². The van der Waals surface area contributed by atoms with Crippen molar-refractivity contribution in [2.75, 3.05) is 5.32 Å². The highest BCUT2D eigenvalue weighted by Gasteiger charge is 2.33. The van der Waals surface area contributed by atoms with Crippen molar-refractivity contribution in [3.63, 3.8) is 0 Å². The van der Waals surface area contributed by atoms with E-state index >= 15 is 0 Å². The van der Waals surface area contributed by atoms with Gasteiger partial charge in [0.1, 0.15) is 11.7 Å². The monoisotopic (exact) mass is 284 g/mol. The number of ether oxygens (including phenoxy) is 1. The molecule has 2 heterocycles. The number of nitriles is 1. The number of fused-ring (bicyclic) bond motifs is 1. The molecule has 0 fully saturated rings. The van der Waals surface area contributed by atoms with Crippen molar-refractivity contribution < 1.29 is 9.53 Å². The van der Waals surface area contributed by atoms with Gasteiger partial charge in [0, 0.05) is 15.8 Å². The van der Waals surface area contributed by atoms with E-state index in [1.807, 2.05) is 43.5 Å². The Hall–Kier alpha value is -2.32. The number of benzene rings is 1. The molecule has 20 heavy (non-hydrogen) atoms. The molecule has 5 heteroatoms. The second-order valence-electron chi connectivity index (χ2n) is 5.10. The average Bonchev–Trinajstić information content (AvgIpc) is 2.86. The molecule has 0 radical (unpaired) electrons. The molecule has 1 N–H and O–H groups in total. The van der Waals surface area contributed by atoms with Crippen LogP contribution in [0.15, 0.2) is 29.6 Å². The third kappa shape index (κ3) is 2.04. The summed E-state index contributed by atoms with van der Waals surface area (Å²) >= 11 is 1.53. The lowest BCUT2D eigenvalue weighted by atomic mass is 9.92. The molecule has 0 unspecified atom stereocenters. The van der Waals surface area contributed by atoms with Crippen molar-refractivity contribution in [3.8, 4) is 16.5 Å². The Morgan fingerprint density at radius 3 is 2.85 bits per heavy atom. The van der Waals surface area contributed by atoms with Gasteiger partial charge in [0.15, 0.2) is 0 Å². The van der Waals surface area contributed by atoms with Crippen LogP contribution in [-0.2, 0) is 10.3 Å². The Morgan fingerprint density at radius 2 is 2.15 bits per heavy atom. The first kappa shape index (κ1) is 12.7. The fourth-order valence-corrected chi connectivity index (χ4v) is 3.11. The van der Waals surface area contributed by atoms with Gasteiger partial charge in [-0.05, 0) is 37.6 Å². The van der Waals surface area contributed by atoms with E-state index in [-0.39, 0.29) is 0 Å². The first-order valence-corrected chi connectivity index (χ1v) is 7.01. The van der Waals surface area contributed by atoms with Crippen molar-refractivity contribution in [2.24, 2.45) is 0 Å². The predicted octanol–water partition coefficient (Wildman–Crippen LogP) is 4.08. The predicted molar refractivity (Wildman–Crippen MR) is 77.6 cm³/mol. The molecule has 1 amide bonds. The maximum atomic E-state index is 11.5. The van der Waals surface area contributed by atoms with Crippen molar-refractivity contribution in [2.45, 2.75) is 19.4 Å². The molecule has 1 aromatic carbocycles. The van der Waals surface area contributed by atoms with Gasteiger partial charge in [0.05, 0.1) is 11.3 Å². The first-order valence-electron chi connectivity index (χ1n) is 6.13. The molecule has 100 valence electrons. The SMILES string of the molecule is CC1(C)OC(=O)Nc2ccc(-c3cc(C#N)cs3)cc21. The minimum absolute atomic E-state index is 0.432. The third-order valence-electron chi connectivity index (χ3n) is 3.27. The second kappa shape index (κ2) is 4.36. The van der Waals surface area contributed by atoms with Gasteiger partial charge >= 0.3 is 6.09 Å². The lowest BCUT2D eigenvalue weighted by Crippen LogP contribution is -2.34. The second-order valence-corrected chi connectivity index (χ2v) is 6.01. The largest absolute Gasteiger partial charge is 0.438 e. The molecule has 4 nitrogen and oxygen atoms in total. The Labute approximate surface area is 120 Å². The molecule has 0 spiro atoms. The van der Waals surface area contributed by atoms with E-state index in [0.29, 0.717) is 5.56 Å². The zero-order chi connectivity index (χ0) is 14.3. The van der Waals surface area contributed by atoms with Crippen LogP contribution in [0, 0.1) is 11.3 Å². The number of nitrogens with one attached hydrogen (secondary N) is 1. The van der Waals surface area contributed by atoms with Gasteiger partial charge in [0.25, 0.3) is 0 Å². The van der Waals surface area contributed by atoms with Gasteiger partial charge < -0.3 is 4.74 Å². The number of rotatable bonds is 1. The van der Waals surface area contributed by atoms with Crippen molar-refractivity contribution in [1.29, 1.82) is 5.26 Å². The number of anilines is 1. The van der Waals surface area contributed by atoms with Gasteiger partial charge in [-0.15, -0.1) is 11.3 Å². The Morgan fingerprint density at radius 1 is 1.35 bits per heavy atom. The van der Waals surface area contributed by atoms with E-state index in [4.69, 9.17) is 10.00 Å². The molecule has 2 aromatic rings. The highest BCUT2D eigenvalue weighted by Crippen LogP contribution is 2.39. The van der Waals surface area contributed by atoms with Crippen LogP contribution in [0.3, 0.4) is 0 Å². The summed E-state index contributed by atoms with van der Waals surface area (Å²) in [5, 5.41) is 13.4. The molecule has 1 aliphatic rings. The number of amides is 1. The van der Waals surface area contributed by atoms with Crippen LogP contribution >= 0.6 is 11.3 Å². The lowest BCUT2D eigenvalue weighted by Gasteiger charge is -2.32. The summed E-state index contributed by atoms with van der Waals surface area (Å²) < 4.78 is 5.32. The molecule has 3 rings (SSSR count). The fraction of sp³-hybridized carbons (Fsp3) is 0.200. The van der Waals surface area contributed by atoms with E-state index in [2.05, 4.69) is 11.4 Å². The molecular formula is C15H12N2O2S. The number of carbonyl (C=O) groups is 1. The van der Waals surface area contributed by atoms with Crippen molar-refractivity contribution in [3.05, 3.63) is 40.8 Å². The summed E-state index contributed by atoms with van der Waals surface area (Å²) in [4.78, 5) is 12.5. The highest BCUT2D eigenvalue weighted by molar-refractivity contribution is 7.13. The molecule has 0 saturated heterocycles. The summed E-state index contributed by atoms with van der Waals surface area (Å²) in [6, 6.07) is 9.81. The van der Waals surface area contributed by atoms with Crippen LogP contribution in [0.25, 0.3) is 10.4 Å².